The molecule has 0 bridgehead atoms. The van der Waals surface area contributed by atoms with E-state index >= 15 is 0 Å². The molecule has 0 aliphatic rings. The van der Waals surface area contributed by atoms with Gasteiger partial charge in [-0.05, 0) is 36.8 Å². The van der Waals surface area contributed by atoms with Crippen LogP contribution in [0.4, 0.5) is 24.5 Å². The van der Waals surface area contributed by atoms with Crippen LogP contribution < -0.4 is 26.6 Å². The summed E-state index contributed by atoms with van der Waals surface area (Å²) in [6, 6.07) is 6.57. The second-order valence-corrected chi connectivity index (χ2v) is 5.41. The Hall–Kier alpha value is -2.94. The van der Waals surface area contributed by atoms with Crippen molar-refractivity contribution in [3.8, 4) is 5.75 Å². The Bertz CT molecular complexity index is 800. The number of alkyl halides is 2. The minimum absolute atomic E-state index is 0.0196. The van der Waals surface area contributed by atoms with Crippen LogP contribution in [0, 0.1) is 12.7 Å². The van der Waals surface area contributed by atoms with Gasteiger partial charge in [0.25, 0.3) is 5.91 Å². The van der Waals surface area contributed by atoms with Crippen LogP contribution in [0.2, 0.25) is 0 Å². The normalized spacial score (nSPS) is 10.7. The smallest absolute Gasteiger partial charge is 0.387 e. The first-order valence-corrected chi connectivity index (χ1v) is 7.66. The molecule has 0 saturated carbocycles. The molecule has 0 heterocycles. The van der Waals surface area contributed by atoms with Crippen LogP contribution in [-0.4, -0.2) is 19.6 Å². The number of hydrogen-bond acceptors (Lipinski definition) is 5. The topological polar surface area (TPSA) is 88.4 Å². The molecule has 0 aliphatic heterocycles. The summed E-state index contributed by atoms with van der Waals surface area (Å²) >= 11 is 0. The van der Waals surface area contributed by atoms with Crippen molar-refractivity contribution in [2.45, 2.75) is 20.1 Å². The highest BCUT2D eigenvalue weighted by molar-refractivity contribution is 5.94. The quantitative estimate of drug-likeness (QED) is 0.446. The molecule has 0 radical (unpaired) electrons. The number of halogens is 3. The van der Waals surface area contributed by atoms with Gasteiger partial charge in [-0.25, -0.2) is 9.82 Å². The van der Waals surface area contributed by atoms with Crippen molar-refractivity contribution in [3.63, 3.8) is 0 Å². The molecule has 0 saturated heterocycles. The number of aryl methyl sites for hydroxylation is 1. The minimum atomic E-state index is -3.14. The van der Waals surface area contributed by atoms with Gasteiger partial charge >= 0.3 is 6.61 Å². The van der Waals surface area contributed by atoms with Crippen molar-refractivity contribution >= 4 is 17.3 Å². The number of nitrogen functional groups attached to an aromatic ring is 1. The maximum absolute atomic E-state index is 13.7. The van der Waals surface area contributed by atoms with Crippen LogP contribution in [0.1, 0.15) is 21.5 Å². The monoisotopic (exact) mass is 368 g/mol. The number of nitrogens with two attached hydrogens (primary N) is 1. The van der Waals surface area contributed by atoms with Gasteiger partial charge in [-0.1, -0.05) is 6.07 Å². The zero-order valence-electron chi connectivity index (χ0n) is 14.2. The number of nitrogens with one attached hydrogen (secondary N) is 3. The molecular formula is C17H19F3N4O2. The summed E-state index contributed by atoms with van der Waals surface area (Å²) in [5.41, 5.74) is 14.4. The van der Waals surface area contributed by atoms with E-state index in [0.717, 1.165) is 23.3 Å². The summed E-state index contributed by atoms with van der Waals surface area (Å²) in [6.45, 7) is -1.15. The van der Waals surface area contributed by atoms with Gasteiger partial charge in [0.05, 0.1) is 11.4 Å². The van der Waals surface area contributed by atoms with Crippen molar-refractivity contribution in [3.05, 3.63) is 52.8 Å². The first kappa shape index (κ1) is 19.4. The summed E-state index contributed by atoms with van der Waals surface area (Å²) in [4.78, 5) is 12.2. The number of hydrazine groups is 1. The largest absolute Gasteiger partial charge is 0.432 e. The number of ether oxygens (including phenoxy) is 1. The van der Waals surface area contributed by atoms with E-state index in [1.807, 2.05) is 13.0 Å². The lowest BCUT2D eigenvalue weighted by molar-refractivity contribution is -0.0521. The molecule has 140 valence electrons. The summed E-state index contributed by atoms with van der Waals surface area (Å²) in [6.07, 6.45) is 0. The molecule has 0 unspecified atom stereocenters. The Morgan fingerprint density at radius 2 is 2.00 bits per heavy atom. The summed E-state index contributed by atoms with van der Waals surface area (Å²) < 4.78 is 42.1. The molecule has 9 heteroatoms. The predicted octanol–water partition coefficient (Wildman–Crippen LogP) is 2.79. The van der Waals surface area contributed by atoms with Crippen LogP contribution in [0.15, 0.2) is 30.3 Å². The van der Waals surface area contributed by atoms with Crippen LogP contribution in [0.5, 0.6) is 5.75 Å². The molecule has 0 aromatic heterocycles. The lowest BCUT2D eigenvalue weighted by Crippen LogP contribution is -2.25. The summed E-state index contributed by atoms with van der Waals surface area (Å²) in [5.74, 6) is -2.23. The lowest BCUT2D eigenvalue weighted by atomic mass is 10.0. The fraction of sp³-hybridized carbons (Fsp3) is 0.235. The third-order valence-electron chi connectivity index (χ3n) is 3.67. The number of amides is 1. The van der Waals surface area contributed by atoms with E-state index < -0.39 is 24.1 Å². The zero-order valence-corrected chi connectivity index (χ0v) is 14.2. The third kappa shape index (κ3) is 4.57. The first-order chi connectivity index (χ1) is 12.3. The highest BCUT2D eigenvalue weighted by Gasteiger charge is 2.15. The molecule has 5 N–H and O–H groups in total. The maximum atomic E-state index is 13.7. The fourth-order valence-corrected chi connectivity index (χ4v) is 2.37. The number of rotatable bonds is 7. The van der Waals surface area contributed by atoms with E-state index in [1.165, 1.54) is 6.07 Å². The van der Waals surface area contributed by atoms with Crippen molar-refractivity contribution in [2.24, 2.45) is 0 Å². The van der Waals surface area contributed by atoms with Crippen molar-refractivity contribution in [2.75, 3.05) is 18.2 Å². The summed E-state index contributed by atoms with van der Waals surface area (Å²) in [5, 5.41) is 2.65. The Kier molecular flexibility index (Phi) is 6.29. The highest BCUT2D eigenvalue weighted by Crippen LogP contribution is 2.26. The molecule has 2 rings (SSSR count). The average Bonchev–Trinajstić information content (AvgIpc) is 2.59. The van der Waals surface area contributed by atoms with Crippen molar-refractivity contribution in [1.82, 2.24) is 10.7 Å². The van der Waals surface area contributed by atoms with Crippen LogP contribution in [0.3, 0.4) is 0 Å². The molecule has 6 nitrogen and oxygen atoms in total. The minimum Gasteiger partial charge on any atom is -0.432 e. The number of anilines is 2. The highest BCUT2D eigenvalue weighted by atomic mass is 19.3. The fourth-order valence-electron chi connectivity index (χ4n) is 2.37. The van der Waals surface area contributed by atoms with E-state index in [1.54, 1.807) is 13.1 Å². The molecule has 2 aromatic carbocycles. The van der Waals surface area contributed by atoms with E-state index in [9.17, 15) is 18.0 Å². The second kappa shape index (κ2) is 8.43. The second-order valence-electron chi connectivity index (χ2n) is 5.41. The Morgan fingerprint density at radius 3 is 2.62 bits per heavy atom. The van der Waals surface area contributed by atoms with E-state index in [4.69, 9.17) is 5.73 Å². The van der Waals surface area contributed by atoms with Gasteiger partial charge in [-0.2, -0.15) is 8.78 Å². The SMILES string of the molecule is CNNc1c(N)ccc(C)c1CNC(=O)c1ccc(OC(F)F)c(F)c1. The maximum Gasteiger partial charge on any atom is 0.387 e. The standard InChI is InChI=1S/C17H19F3N4O2/c1-9-3-5-13(21)15(24-22-2)11(9)8-23-16(25)10-4-6-14(12(18)7-10)26-17(19)20/h3-7,17,22,24H,8,21H2,1-2H3,(H,23,25). The number of carbonyl (C=O) groups excluding carboxylic acids is 1. The van der Waals surface area contributed by atoms with Gasteiger partial charge in [0.2, 0.25) is 0 Å². The average molecular weight is 368 g/mol. The molecule has 0 fully saturated rings. The van der Waals surface area contributed by atoms with Gasteiger partial charge in [-0.15, -0.1) is 0 Å². The number of hydrogen-bond donors (Lipinski definition) is 4. The summed E-state index contributed by atoms with van der Waals surface area (Å²) in [7, 11) is 1.68. The molecule has 0 spiro atoms. The van der Waals surface area contributed by atoms with E-state index in [-0.39, 0.29) is 12.1 Å². The number of benzene rings is 2. The Labute approximate surface area is 148 Å². The predicted molar refractivity (Wildman–Crippen MR) is 92.5 cm³/mol. The molecule has 0 aliphatic carbocycles. The van der Waals surface area contributed by atoms with Gasteiger partial charge < -0.3 is 21.2 Å². The molecule has 0 atom stereocenters. The van der Waals surface area contributed by atoms with Crippen LogP contribution in [0.25, 0.3) is 0 Å². The first-order valence-electron chi connectivity index (χ1n) is 7.66. The van der Waals surface area contributed by atoms with Gasteiger partial charge in [-0.3, -0.25) is 4.79 Å². The molecule has 2 aromatic rings. The van der Waals surface area contributed by atoms with Gasteiger partial charge in [0.15, 0.2) is 11.6 Å². The van der Waals surface area contributed by atoms with Gasteiger partial charge in [0.1, 0.15) is 0 Å². The van der Waals surface area contributed by atoms with Gasteiger partial charge in [0, 0.05) is 24.7 Å². The molecule has 26 heavy (non-hydrogen) atoms. The van der Waals surface area contributed by atoms with E-state index in [0.29, 0.717) is 11.4 Å². The van der Waals surface area contributed by atoms with Crippen LogP contribution in [-0.2, 0) is 6.54 Å². The Balaban J connectivity index is 2.14. The Morgan fingerprint density at radius 1 is 1.27 bits per heavy atom. The van der Waals surface area contributed by atoms with Crippen molar-refractivity contribution in [1.29, 1.82) is 0 Å². The van der Waals surface area contributed by atoms with E-state index in [2.05, 4.69) is 20.9 Å². The third-order valence-corrected chi connectivity index (χ3v) is 3.67. The number of carbonyl (C=O) groups is 1. The molecule has 1 amide bonds. The van der Waals surface area contributed by atoms with Crippen LogP contribution >= 0.6 is 0 Å². The zero-order chi connectivity index (χ0) is 19.3. The molecular weight excluding hydrogens is 349 g/mol. The lowest BCUT2D eigenvalue weighted by Gasteiger charge is -2.17. The van der Waals surface area contributed by atoms with Crippen molar-refractivity contribution < 1.29 is 22.7 Å².